The second-order valence-electron chi connectivity index (χ2n) is 9.98. The molecule has 0 aliphatic heterocycles. The summed E-state index contributed by atoms with van der Waals surface area (Å²) in [5.41, 5.74) is 11.1. The van der Waals surface area contributed by atoms with Crippen molar-refractivity contribution in [3.8, 4) is 0 Å². The minimum Gasteiger partial charge on any atom is -0.310 e. The third kappa shape index (κ3) is 4.61. The average molecular weight is 478 g/mol. The highest BCUT2D eigenvalue weighted by Gasteiger charge is 2.26. The average Bonchev–Trinajstić information content (AvgIpc) is 3.09. The van der Waals surface area contributed by atoms with E-state index in [1.165, 1.54) is 39.1 Å². The van der Waals surface area contributed by atoms with Gasteiger partial charge in [-0.05, 0) is 72.5 Å². The number of rotatable bonds is 4. The highest BCUT2D eigenvalue weighted by molar-refractivity contribution is 5.93. The Morgan fingerprint density at radius 3 is 1.97 bits per heavy atom. The van der Waals surface area contributed by atoms with Crippen LogP contribution in [-0.4, -0.2) is 0 Å². The molecule has 4 aromatic carbocycles. The lowest BCUT2D eigenvalue weighted by Gasteiger charge is -2.28. The summed E-state index contributed by atoms with van der Waals surface area (Å²) in [5, 5.41) is 0. The predicted octanol–water partition coefficient (Wildman–Crippen LogP) is 9.70. The zero-order valence-electron chi connectivity index (χ0n) is 21.4. The molecule has 2 aliphatic carbocycles. The van der Waals surface area contributed by atoms with Crippen LogP contribution in [0.5, 0.6) is 0 Å². The van der Waals surface area contributed by atoms with Gasteiger partial charge >= 0.3 is 0 Å². The molecular weight excluding hydrogens is 446 g/mol. The normalized spacial score (nSPS) is 18.8. The lowest BCUT2D eigenvalue weighted by atomic mass is 9.80. The fourth-order valence-electron chi connectivity index (χ4n) is 5.39. The molecule has 0 spiro atoms. The zero-order valence-corrected chi connectivity index (χ0v) is 21.4. The van der Waals surface area contributed by atoms with Gasteiger partial charge in [0.1, 0.15) is 0 Å². The van der Waals surface area contributed by atoms with Crippen LogP contribution in [0.15, 0.2) is 127 Å². The molecule has 1 heteroatoms. The maximum atomic E-state index is 2.41. The molecule has 0 saturated carbocycles. The maximum absolute atomic E-state index is 2.41. The minimum absolute atomic E-state index is 0.296. The van der Waals surface area contributed by atoms with Crippen molar-refractivity contribution >= 4 is 34.8 Å². The van der Waals surface area contributed by atoms with Gasteiger partial charge in [-0.25, -0.2) is 0 Å². The number of fused-ring (bicyclic) bond motifs is 2. The smallest absolute Gasteiger partial charge is 0.0534 e. The van der Waals surface area contributed by atoms with Gasteiger partial charge in [-0.2, -0.15) is 0 Å². The zero-order chi connectivity index (χ0) is 25.2. The van der Waals surface area contributed by atoms with Gasteiger partial charge in [0.25, 0.3) is 0 Å². The van der Waals surface area contributed by atoms with E-state index in [4.69, 9.17) is 0 Å². The maximum Gasteiger partial charge on any atom is 0.0534 e. The second-order valence-corrected chi connectivity index (χ2v) is 9.98. The van der Waals surface area contributed by atoms with E-state index < -0.39 is 0 Å². The SMILES string of the molecule is Cc1ccc(N(c2ccc(C)cc2)c2ccccc2C=C2c3ccccc3C=CC3C=CC=CC23)cc1. The van der Waals surface area contributed by atoms with Crippen LogP contribution in [0.3, 0.4) is 0 Å². The molecule has 0 saturated heterocycles. The fourth-order valence-corrected chi connectivity index (χ4v) is 5.39. The van der Waals surface area contributed by atoms with Crippen molar-refractivity contribution in [1.29, 1.82) is 0 Å². The van der Waals surface area contributed by atoms with Gasteiger partial charge in [-0.1, -0.05) is 114 Å². The molecule has 0 aromatic heterocycles. The van der Waals surface area contributed by atoms with Crippen molar-refractivity contribution in [3.63, 3.8) is 0 Å². The first kappa shape index (κ1) is 23.1. The van der Waals surface area contributed by atoms with E-state index in [1.54, 1.807) is 0 Å². The summed E-state index contributed by atoms with van der Waals surface area (Å²) in [6, 6.07) is 35.2. The number of nitrogens with zero attached hydrogens (tertiary/aromatic N) is 1. The van der Waals surface area contributed by atoms with Crippen LogP contribution in [0, 0.1) is 25.7 Å². The monoisotopic (exact) mass is 477 g/mol. The molecule has 2 unspecified atom stereocenters. The van der Waals surface area contributed by atoms with Gasteiger partial charge in [0.15, 0.2) is 0 Å². The van der Waals surface area contributed by atoms with Crippen molar-refractivity contribution in [1.82, 2.24) is 0 Å². The Bertz CT molecular complexity index is 1490. The number of aryl methyl sites for hydroxylation is 2. The van der Waals surface area contributed by atoms with E-state index >= 15 is 0 Å². The van der Waals surface area contributed by atoms with Gasteiger partial charge in [0, 0.05) is 23.2 Å². The molecule has 37 heavy (non-hydrogen) atoms. The summed E-state index contributed by atoms with van der Waals surface area (Å²) in [4.78, 5) is 2.38. The predicted molar refractivity (Wildman–Crippen MR) is 159 cm³/mol. The Kier molecular flexibility index (Phi) is 6.20. The van der Waals surface area contributed by atoms with Crippen molar-refractivity contribution < 1.29 is 0 Å². The third-order valence-electron chi connectivity index (χ3n) is 7.38. The highest BCUT2D eigenvalue weighted by Crippen LogP contribution is 2.43. The molecule has 180 valence electrons. The topological polar surface area (TPSA) is 3.24 Å². The van der Waals surface area contributed by atoms with Gasteiger partial charge in [-0.15, -0.1) is 0 Å². The summed E-state index contributed by atoms with van der Waals surface area (Å²) in [5.74, 6) is 0.645. The molecule has 6 rings (SSSR count). The molecule has 0 amide bonds. The Balaban J connectivity index is 1.55. The number of allylic oxidation sites excluding steroid dienone is 6. The van der Waals surface area contributed by atoms with E-state index in [0.717, 1.165) is 11.4 Å². The summed E-state index contributed by atoms with van der Waals surface area (Å²) < 4.78 is 0. The van der Waals surface area contributed by atoms with E-state index in [9.17, 15) is 0 Å². The second kappa shape index (κ2) is 9.95. The largest absolute Gasteiger partial charge is 0.310 e. The number of para-hydroxylation sites is 1. The summed E-state index contributed by atoms with van der Waals surface area (Å²) in [7, 11) is 0. The first-order valence-corrected chi connectivity index (χ1v) is 13.0. The molecular formula is C36H31N. The number of hydrogen-bond acceptors (Lipinski definition) is 1. The molecule has 0 N–H and O–H groups in total. The van der Waals surface area contributed by atoms with Crippen molar-refractivity contribution in [2.24, 2.45) is 11.8 Å². The lowest BCUT2D eigenvalue weighted by molar-refractivity contribution is 0.692. The summed E-state index contributed by atoms with van der Waals surface area (Å²) in [6.07, 6.45) is 16.1. The Labute approximate surface area is 220 Å². The summed E-state index contributed by atoms with van der Waals surface area (Å²) in [6.45, 7) is 4.27. The van der Waals surface area contributed by atoms with Crippen LogP contribution in [0.4, 0.5) is 17.1 Å². The molecule has 1 nitrogen and oxygen atoms in total. The van der Waals surface area contributed by atoms with Gasteiger partial charge < -0.3 is 4.90 Å². The Morgan fingerprint density at radius 2 is 1.24 bits per heavy atom. The van der Waals surface area contributed by atoms with Crippen LogP contribution in [-0.2, 0) is 0 Å². The van der Waals surface area contributed by atoms with Crippen molar-refractivity contribution in [3.05, 3.63) is 155 Å². The van der Waals surface area contributed by atoms with E-state index in [0.29, 0.717) is 11.8 Å². The molecule has 4 aromatic rings. The molecule has 0 bridgehead atoms. The molecule has 0 radical (unpaired) electrons. The highest BCUT2D eigenvalue weighted by atomic mass is 15.1. The Hall–Kier alpha value is -4.36. The van der Waals surface area contributed by atoms with Crippen LogP contribution in [0.1, 0.15) is 27.8 Å². The first-order valence-electron chi connectivity index (χ1n) is 13.0. The lowest BCUT2D eigenvalue weighted by Crippen LogP contribution is -2.13. The van der Waals surface area contributed by atoms with Crippen LogP contribution in [0.25, 0.3) is 17.7 Å². The molecule has 2 aliphatic rings. The van der Waals surface area contributed by atoms with Crippen molar-refractivity contribution in [2.45, 2.75) is 13.8 Å². The molecule has 0 heterocycles. The minimum atomic E-state index is 0.296. The summed E-state index contributed by atoms with van der Waals surface area (Å²) >= 11 is 0. The third-order valence-corrected chi connectivity index (χ3v) is 7.38. The van der Waals surface area contributed by atoms with Crippen LogP contribution in [0.2, 0.25) is 0 Å². The molecule has 0 fully saturated rings. The Morgan fingerprint density at radius 1 is 0.622 bits per heavy atom. The molecule has 2 atom stereocenters. The van der Waals surface area contributed by atoms with E-state index in [1.807, 2.05) is 0 Å². The fraction of sp³-hybridized carbons (Fsp3) is 0.111. The van der Waals surface area contributed by atoms with Gasteiger partial charge in [-0.3, -0.25) is 0 Å². The quantitative estimate of drug-likeness (QED) is 0.283. The standard InChI is InChI=1S/C36H31N/c1-26-15-21-31(22-16-26)37(32-23-17-27(2)18-24-32)36-14-8-5-11-30(36)25-35-33-12-6-3-9-28(33)19-20-29-10-4-7-13-34(29)35/h3-25,28,33H,1-2H3. The van der Waals surface area contributed by atoms with E-state index in [2.05, 4.69) is 158 Å². The van der Waals surface area contributed by atoms with Crippen LogP contribution < -0.4 is 4.90 Å². The first-order chi connectivity index (χ1) is 18.2. The number of benzene rings is 4. The number of hydrogen-bond donors (Lipinski definition) is 0. The van der Waals surface area contributed by atoms with Gasteiger partial charge in [0.05, 0.1) is 5.69 Å². The van der Waals surface area contributed by atoms with Crippen molar-refractivity contribution in [2.75, 3.05) is 4.90 Å². The van der Waals surface area contributed by atoms with Crippen LogP contribution >= 0.6 is 0 Å². The number of anilines is 3. The van der Waals surface area contributed by atoms with Gasteiger partial charge in [0.2, 0.25) is 0 Å². The van der Waals surface area contributed by atoms with E-state index in [-0.39, 0.29) is 0 Å².